The monoisotopic (exact) mass is 177 g/mol. The lowest BCUT2D eigenvalue weighted by molar-refractivity contribution is 0.0826. The first-order chi connectivity index (χ1) is 6.04. The van der Waals surface area contributed by atoms with E-state index in [1.165, 1.54) is 0 Å². The standard InChI is InChI=1S/C11H15NO/c1-8-6-5-7-9(2)10(8)11(13)12(3)4/h5-7H,1-4H3. The molecule has 0 aliphatic rings. The van der Waals surface area contributed by atoms with Crippen LogP contribution in [0.2, 0.25) is 0 Å². The van der Waals surface area contributed by atoms with Crippen LogP contribution in [-0.2, 0) is 0 Å². The number of carbonyl (C=O) groups excluding carboxylic acids is 1. The van der Waals surface area contributed by atoms with E-state index < -0.39 is 0 Å². The number of nitrogens with zero attached hydrogens (tertiary/aromatic N) is 1. The van der Waals surface area contributed by atoms with E-state index in [2.05, 4.69) is 0 Å². The first-order valence-electron chi connectivity index (χ1n) is 4.32. The minimum Gasteiger partial charge on any atom is -0.345 e. The Hall–Kier alpha value is -1.31. The Labute approximate surface area is 79.2 Å². The summed E-state index contributed by atoms with van der Waals surface area (Å²) in [7, 11) is 3.54. The van der Waals surface area contributed by atoms with Crippen LogP contribution in [0.5, 0.6) is 0 Å². The molecule has 2 heteroatoms. The largest absolute Gasteiger partial charge is 0.345 e. The highest BCUT2D eigenvalue weighted by Gasteiger charge is 2.12. The second kappa shape index (κ2) is 3.60. The number of hydrogen-bond donors (Lipinski definition) is 0. The molecule has 70 valence electrons. The molecule has 0 saturated carbocycles. The summed E-state index contributed by atoms with van der Waals surface area (Å²) in [6.07, 6.45) is 0. The topological polar surface area (TPSA) is 20.3 Å². The third kappa shape index (κ3) is 1.89. The quantitative estimate of drug-likeness (QED) is 0.642. The van der Waals surface area contributed by atoms with Crippen LogP contribution in [0, 0.1) is 13.8 Å². The zero-order valence-corrected chi connectivity index (χ0v) is 8.59. The zero-order chi connectivity index (χ0) is 10.0. The lowest BCUT2D eigenvalue weighted by atomic mass is 10.0. The van der Waals surface area contributed by atoms with Crippen molar-refractivity contribution in [1.29, 1.82) is 0 Å². The van der Waals surface area contributed by atoms with Gasteiger partial charge in [0.15, 0.2) is 0 Å². The summed E-state index contributed by atoms with van der Waals surface area (Å²) in [5, 5.41) is 0. The maximum atomic E-state index is 11.7. The normalized spacial score (nSPS) is 9.85. The van der Waals surface area contributed by atoms with Gasteiger partial charge in [0, 0.05) is 19.7 Å². The highest BCUT2D eigenvalue weighted by molar-refractivity contribution is 5.96. The van der Waals surface area contributed by atoms with Gasteiger partial charge in [0.1, 0.15) is 0 Å². The molecule has 2 nitrogen and oxygen atoms in total. The van der Waals surface area contributed by atoms with Gasteiger partial charge in [-0.3, -0.25) is 4.79 Å². The predicted octanol–water partition coefficient (Wildman–Crippen LogP) is 2.01. The lowest BCUT2D eigenvalue weighted by Crippen LogP contribution is -2.23. The zero-order valence-electron chi connectivity index (χ0n) is 8.59. The van der Waals surface area contributed by atoms with E-state index in [1.54, 1.807) is 19.0 Å². The van der Waals surface area contributed by atoms with Crippen LogP contribution < -0.4 is 0 Å². The summed E-state index contributed by atoms with van der Waals surface area (Å²) in [4.78, 5) is 13.3. The average Bonchev–Trinajstić information content (AvgIpc) is 2.03. The van der Waals surface area contributed by atoms with E-state index in [-0.39, 0.29) is 5.91 Å². The number of benzene rings is 1. The SMILES string of the molecule is Cc1cccc(C)c1C(=O)N(C)C. The summed E-state index contributed by atoms with van der Waals surface area (Å²) in [5.74, 6) is 0.0793. The van der Waals surface area contributed by atoms with Crippen molar-refractivity contribution in [3.8, 4) is 0 Å². The fourth-order valence-corrected chi connectivity index (χ4v) is 1.38. The molecule has 0 fully saturated rings. The van der Waals surface area contributed by atoms with Gasteiger partial charge in [-0.05, 0) is 25.0 Å². The molecule has 0 spiro atoms. The summed E-state index contributed by atoms with van der Waals surface area (Å²) >= 11 is 0. The Morgan fingerprint density at radius 2 is 1.62 bits per heavy atom. The fraction of sp³-hybridized carbons (Fsp3) is 0.364. The summed E-state index contributed by atoms with van der Waals surface area (Å²) in [6.45, 7) is 3.92. The van der Waals surface area contributed by atoms with Gasteiger partial charge in [0.05, 0.1) is 0 Å². The Bertz CT molecular complexity index is 309. The molecule has 1 aromatic carbocycles. The highest BCUT2D eigenvalue weighted by atomic mass is 16.2. The van der Waals surface area contributed by atoms with Crippen LogP contribution in [-0.4, -0.2) is 24.9 Å². The molecule has 0 aliphatic carbocycles. The molecule has 0 saturated heterocycles. The van der Waals surface area contributed by atoms with Crippen LogP contribution in [0.25, 0.3) is 0 Å². The van der Waals surface area contributed by atoms with E-state index in [0.29, 0.717) is 0 Å². The minimum absolute atomic E-state index is 0.0793. The first kappa shape index (κ1) is 9.78. The molecule has 1 amide bonds. The first-order valence-corrected chi connectivity index (χ1v) is 4.32. The number of aryl methyl sites for hydroxylation is 2. The number of rotatable bonds is 1. The van der Waals surface area contributed by atoms with Gasteiger partial charge in [-0.25, -0.2) is 0 Å². The predicted molar refractivity (Wildman–Crippen MR) is 53.9 cm³/mol. The molecule has 0 aliphatic heterocycles. The van der Waals surface area contributed by atoms with Crippen molar-refractivity contribution >= 4 is 5.91 Å². The molecule has 0 N–H and O–H groups in total. The van der Waals surface area contributed by atoms with E-state index in [4.69, 9.17) is 0 Å². The van der Waals surface area contributed by atoms with Crippen LogP contribution in [0.15, 0.2) is 18.2 Å². The maximum absolute atomic E-state index is 11.7. The Morgan fingerprint density at radius 3 is 2.00 bits per heavy atom. The Kier molecular flexibility index (Phi) is 2.71. The summed E-state index contributed by atoms with van der Waals surface area (Å²) in [5.41, 5.74) is 2.91. The van der Waals surface area contributed by atoms with Gasteiger partial charge < -0.3 is 4.90 Å². The molecule has 0 bridgehead atoms. The van der Waals surface area contributed by atoms with Crippen LogP contribution in [0.4, 0.5) is 0 Å². The summed E-state index contributed by atoms with van der Waals surface area (Å²) in [6, 6.07) is 5.89. The second-order valence-corrected chi connectivity index (χ2v) is 3.47. The van der Waals surface area contributed by atoms with Crippen LogP contribution in [0.3, 0.4) is 0 Å². The maximum Gasteiger partial charge on any atom is 0.253 e. The Balaban J connectivity index is 3.20. The third-order valence-electron chi connectivity index (χ3n) is 2.10. The van der Waals surface area contributed by atoms with Crippen molar-refractivity contribution in [2.24, 2.45) is 0 Å². The summed E-state index contributed by atoms with van der Waals surface area (Å²) < 4.78 is 0. The molecule has 0 radical (unpaired) electrons. The average molecular weight is 177 g/mol. The smallest absolute Gasteiger partial charge is 0.253 e. The van der Waals surface area contributed by atoms with Crippen LogP contribution in [0.1, 0.15) is 21.5 Å². The lowest BCUT2D eigenvalue weighted by Gasteiger charge is -2.14. The molecule has 1 aromatic rings. The molecule has 0 aromatic heterocycles. The van der Waals surface area contributed by atoms with Gasteiger partial charge in [0.25, 0.3) is 5.91 Å². The number of carbonyl (C=O) groups is 1. The van der Waals surface area contributed by atoms with Crippen molar-refractivity contribution in [1.82, 2.24) is 4.90 Å². The van der Waals surface area contributed by atoms with Gasteiger partial charge in [-0.2, -0.15) is 0 Å². The molecular weight excluding hydrogens is 162 g/mol. The fourth-order valence-electron chi connectivity index (χ4n) is 1.38. The van der Waals surface area contributed by atoms with Gasteiger partial charge >= 0.3 is 0 Å². The molecule has 0 unspecified atom stereocenters. The van der Waals surface area contributed by atoms with Gasteiger partial charge in [-0.15, -0.1) is 0 Å². The number of amides is 1. The van der Waals surface area contributed by atoms with Gasteiger partial charge in [0.2, 0.25) is 0 Å². The van der Waals surface area contributed by atoms with E-state index in [0.717, 1.165) is 16.7 Å². The van der Waals surface area contributed by atoms with Crippen molar-refractivity contribution < 1.29 is 4.79 Å². The number of hydrogen-bond acceptors (Lipinski definition) is 1. The third-order valence-corrected chi connectivity index (χ3v) is 2.10. The molecule has 13 heavy (non-hydrogen) atoms. The molecule has 1 rings (SSSR count). The van der Waals surface area contributed by atoms with Gasteiger partial charge in [-0.1, -0.05) is 18.2 Å². The second-order valence-electron chi connectivity index (χ2n) is 3.47. The molecule has 0 atom stereocenters. The van der Waals surface area contributed by atoms with Crippen molar-refractivity contribution in [2.45, 2.75) is 13.8 Å². The van der Waals surface area contributed by atoms with E-state index in [1.807, 2.05) is 32.0 Å². The molecule has 0 heterocycles. The van der Waals surface area contributed by atoms with E-state index in [9.17, 15) is 4.79 Å². The van der Waals surface area contributed by atoms with E-state index >= 15 is 0 Å². The minimum atomic E-state index is 0.0793. The van der Waals surface area contributed by atoms with Crippen molar-refractivity contribution in [3.05, 3.63) is 34.9 Å². The van der Waals surface area contributed by atoms with Crippen molar-refractivity contribution in [2.75, 3.05) is 14.1 Å². The molecular formula is C11H15NO. The van der Waals surface area contributed by atoms with Crippen LogP contribution >= 0.6 is 0 Å². The van der Waals surface area contributed by atoms with Crippen molar-refractivity contribution in [3.63, 3.8) is 0 Å². The highest BCUT2D eigenvalue weighted by Crippen LogP contribution is 2.14. The Morgan fingerprint density at radius 1 is 1.15 bits per heavy atom.